The van der Waals surface area contributed by atoms with Crippen LogP contribution in [0.15, 0.2) is 78.6 Å². The number of hydrogen-bond acceptors (Lipinski definition) is 5. The van der Waals surface area contributed by atoms with Gasteiger partial charge < -0.3 is 24.6 Å². The number of aliphatic hydroxyl groups is 1. The van der Waals surface area contributed by atoms with Gasteiger partial charge in [0.1, 0.15) is 0 Å². The number of nitrogens with zero attached hydrogens (tertiary/aromatic N) is 3. The zero-order chi connectivity index (χ0) is 25.8. The fourth-order valence-electron chi connectivity index (χ4n) is 4.05. The number of aromatic nitrogens is 2. The first-order valence-corrected chi connectivity index (χ1v) is 12.3. The molecular weight excluding hydrogens is 495 g/mol. The Morgan fingerprint density at radius 1 is 1.06 bits per heavy atom. The van der Waals surface area contributed by atoms with Crippen molar-refractivity contribution in [2.45, 2.75) is 32.7 Å². The highest BCUT2D eigenvalue weighted by molar-refractivity contribution is 6.42. The average molecular weight is 525 g/mol. The van der Waals surface area contributed by atoms with Crippen molar-refractivity contribution in [3.63, 3.8) is 0 Å². The van der Waals surface area contributed by atoms with E-state index in [9.17, 15) is 5.11 Å². The third kappa shape index (κ3) is 5.77. The monoisotopic (exact) mass is 524 g/mol. The molecule has 4 rings (SSSR count). The van der Waals surface area contributed by atoms with Crippen molar-refractivity contribution >= 4 is 34.2 Å². The van der Waals surface area contributed by atoms with E-state index in [2.05, 4.69) is 36.5 Å². The van der Waals surface area contributed by atoms with Crippen LogP contribution in [0.4, 0.5) is 0 Å². The number of benzene rings is 3. The molecule has 0 radical (unpaired) electrons. The van der Waals surface area contributed by atoms with Crippen LogP contribution < -0.4 is 16.8 Å². The summed E-state index contributed by atoms with van der Waals surface area (Å²) in [5.41, 5.74) is 5.78. The Labute approximate surface area is 220 Å². The Kier molecular flexibility index (Phi) is 8.06. The van der Waals surface area contributed by atoms with Crippen LogP contribution in [0.1, 0.15) is 22.8 Å². The van der Waals surface area contributed by atoms with Crippen LogP contribution in [0.5, 0.6) is 0 Å². The van der Waals surface area contributed by atoms with Crippen molar-refractivity contribution in [1.82, 2.24) is 19.5 Å². The first-order chi connectivity index (χ1) is 17.2. The quantitative estimate of drug-likeness (QED) is 0.188. The highest BCUT2D eigenvalue weighted by Gasteiger charge is 2.17. The summed E-state index contributed by atoms with van der Waals surface area (Å²) in [5, 5.41) is 25.6. The van der Waals surface area contributed by atoms with Gasteiger partial charge in [-0.2, -0.15) is 0 Å². The number of aryl methyl sites for hydroxylation is 1. The summed E-state index contributed by atoms with van der Waals surface area (Å²) < 4.78 is 3.66. The number of halogens is 2. The zero-order valence-corrected chi connectivity index (χ0v) is 21.8. The Hall–Kier alpha value is -3.23. The Balaban J connectivity index is 1.61. The maximum atomic E-state index is 10.9. The molecule has 36 heavy (non-hydrogen) atoms. The van der Waals surface area contributed by atoms with Crippen molar-refractivity contribution in [1.29, 1.82) is 5.41 Å². The molecule has 0 spiro atoms. The van der Waals surface area contributed by atoms with E-state index in [1.54, 1.807) is 34.8 Å². The van der Waals surface area contributed by atoms with Crippen molar-refractivity contribution in [3.8, 4) is 0 Å². The average Bonchev–Trinajstić information content (AvgIpc) is 3.12. The molecule has 0 fully saturated rings. The van der Waals surface area contributed by atoms with Gasteiger partial charge in [-0.05, 0) is 42.3 Å². The molecule has 3 aromatic carbocycles. The Bertz CT molecular complexity index is 1440. The minimum atomic E-state index is -0.864. The van der Waals surface area contributed by atoms with Crippen LogP contribution in [0.2, 0.25) is 10.0 Å². The minimum Gasteiger partial charge on any atom is -0.387 e. The lowest BCUT2D eigenvalue weighted by molar-refractivity contribution is 0.155. The Morgan fingerprint density at radius 2 is 1.72 bits per heavy atom. The van der Waals surface area contributed by atoms with E-state index in [-0.39, 0.29) is 12.2 Å². The molecule has 1 atom stereocenters. The molecule has 0 aliphatic rings. The van der Waals surface area contributed by atoms with Gasteiger partial charge in [0.05, 0.1) is 46.0 Å². The highest BCUT2D eigenvalue weighted by Crippen LogP contribution is 2.27. The summed E-state index contributed by atoms with van der Waals surface area (Å²) >= 11 is 12.2. The van der Waals surface area contributed by atoms with Crippen molar-refractivity contribution < 1.29 is 5.11 Å². The molecule has 5 N–H and O–H groups in total. The molecule has 0 saturated carbocycles. The van der Waals surface area contributed by atoms with Crippen LogP contribution in [0.25, 0.3) is 11.0 Å². The summed E-state index contributed by atoms with van der Waals surface area (Å²) in [5.74, 6) is 6.15. The van der Waals surface area contributed by atoms with Crippen molar-refractivity contribution in [3.05, 3.63) is 111 Å². The lowest BCUT2D eigenvalue weighted by Gasteiger charge is -2.18. The second kappa shape index (κ2) is 11.2. The van der Waals surface area contributed by atoms with E-state index in [1.807, 2.05) is 35.0 Å². The molecule has 0 aliphatic carbocycles. The van der Waals surface area contributed by atoms with Gasteiger partial charge in [-0.15, -0.1) is 0 Å². The lowest BCUT2D eigenvalue weighted by atomic mass is 10.1. The van der Waals surface area contributed by atoms with Crippen LogP contribution >= 0.6 is 23.2 Å². The zero-order valence-electron chi connectivity index (χ0n) is 20.2. The number of rotatable bonds is 9. The second-order valence-electron chi connectivity index (χ2n) is 8.81. The Morgan fingerprint density at radius 3 is 2.36 bits per heavy atom. The van der Waals surface area contributed by atoms with Crippen LogP contribution in [0.3, 0.4) is 0 Å². The number of nitrogens with two attached hydrogens (primary N) is 1. The molecule has 0 bridgehead atoms. The van der Waals surface area contributed by atoms with Crippen molar-refractivity contribution in [2.24, 2.45) is 5.84 Å². The van der Waals surface area contributed by atoms with Gasteiger partial charge in [0.25, 0.3) is 0 Å². The fourth-order valence-corrected chi connectivity index (χ4v) is 4.36. The third-order valence-electron chi connectivity index (χ3n) is 6.13. The fraction of sp³-hybridized carbons (Fsp3) is 0.222. The SMILES string of the molecule is Cc1ccc(CN/C=C(/Cn2c(=N)n(CC(O)c3ccc(Cl)c(Cl)c3)c3ccccc32)N(C)N)cc1. The molecular formula is C27H30Cl2N6O. The number of hydrogen-bond donors (Lipinski definition) is 4. The van der Waals surface area contributed by atoms with E-state index in [0.29, 0.717) is 28.7 Å². The number of allylic oxidation sites excluding steroid dienone is 1. The van der Waals surface area contributed by atoms with E-state index in [0.717, 1.165) is 22.3 Å². The predicted molar refractivity (Wildman–Crippen MR) is 145 cm³/mol. The van der Waals surface area contributed by atoms with Crippen molar-refractivity contribution in [2.75, 3.05) is 7.05 Å². The topological polar surface area (TPSA) is 95.2 Å². The maximum absolute atomic E-state index is 10.9. The number of imidazole rings is 1. The van der Waals surface area contributed by atoms with Gasteiger partial charge in [0, 0.05) is 19.8 Å². The largest absolute Gasteiger partial charge is 0.387 e. The second-order valence-corrected chi connectivity index (χ2v) is 9.63. The van der Waals surface area contributed by atoms with Gasteiger partial charge in [0.2, 0.25) is 5.62 Å². The van der Waals surface area contributed by atoms with E-state index < -0.39 is 6.10 Å². The number of fused-ring (bicyclic) bond motifs is 1. The smallest absolute Gasteiger partial charge is 0.203 e. The standard InChI is InChI=1S/C27H30Cl2N6O/c1-18-7-9-19(10-8-18)14-32-15-21(33(2)31)16-34-24-5-3-4-6-25(24)35(27(34)30)17-26(36)20-11-12-22(28)23(29)13-20/h3-13,15,26,30,32,36H,14,16-17,31H2,1-2H3/b21-15-,30-27?. The summed E-state index contributed by atoms with van der Waals surface area (Å²) in [6.45, 7) is 3.29. The number of para-hydroxylation sites is 2. The van der Waals surface area contributed by atoms with Crippen LogP contribution in [-0.4, -0.2) is 26.3 Å². The summed E-state index contributed by atoms with van der Waals surface area (Å²) in [6.07, 6.45) is 1.01. The van der Waals surface area contributed by atoms with Gasteiger partial charge in [-0.3, -0.25) is 5.41 Å². The molecule has 1 aromatic heterocycles. The number of nitrogens with one attached hydrogen (secondary N) is 2. The molecule has 0 amide bonds. The van der Waals surface area contributed by atoms with Crippen LogP contribution in [0, 0.1) is 12.3 Å². The normalized spacial score (nSPS) is 12.7. The van der Waals surface area contributed by atoms with Gasteiger partial charge in [0.15, 0.2) is 0 Å². The van der Waals surface area contributed by atoms with Gasteiger partial charge >= 0.3 is 0 Å². The predicted octanol–water partition coefficient (Wildman–Crippen LogP) is 4.71. The molecule has 4 aromatic rings. The lowest BCUT2D eigenvalue weighted by Crippen LogP contribution is -2.33. The molecule has 188 valence electrons. The molecule has 1 unspecified atom stereocenters. The van der Waals surface area contributed by atoms with E-state index in [4.69, 9.17) is 34.5 Å². The third-order valence-corrected chi connectivity index (χ3v) is 6.87. The summed E-state index contributed by atoms with van der Waals surface area (Å²) in [6, 6.07) is 21.2. The molecule has 0 saturated heterocycles. The van der Waals surface area contributed by atoms with Gasteiger partial charge in [-0.1, -0.05) is 71.2 Å². The first kappa shape index (κ1) is 25.9. The van der Waals surface area contributed by atoms with E-state index >= 15 is 0 Å². The highest BCUT2D eigenvalue weighted by atomic mass is 35.5. The first-order valence-electron chi connectivity index (χ1n) is 11.6. The van der Waals surface area contributed by atoms with E-state index in [1.165, 1.54) is 5.56 Å². The molecule has 1 heterocycles. The maximum Gasteiger partial charge on any atom is 0.203 e. The number of likely N-dealkylation sites (N-methyl/N-ethyl adjacent to an activating group) is 1. The molecule has 7 nitrogen and oxygen atoms in total. The van der Waals surface area contributed by atoms with Gasteiger partial charge in [-0.25, -0.2) is 5.84 Å². The molecule has 9 heteroatoms. The number of hydrazine groups is 1. The summed E-state index contributed by atoms with van der Waals surface area (Å²) in [7, 11) is 1.77. The van der Waals surface area contributed by atoms with Crippen LogP contribution in [-0.2, 0) is 19.6 Å². The summed E-state index contributed by atoms with van der Waals surface area (Å²) in [4.78, 5) is 0. The number of aliphatic hydroxyl groups excluding tert-OH is 1. The molecule has 0 aliphatic heterocycles. The minimum absolute atomic E-state index is 0.188.